The third-order valence-corrected chi connectivity index (χ3v) is 5.84. The lowest BCUT2D eigenvalue weighted by Crippen LogP contribution is -2.37. The minimum atomic E-state index is -0.129. The van der Waals surface area contributed by atoms with E-state index in [0.29, 0.717) is 26.2 Å². The van der Waals surface area contributed by atoms with E-state index < -0.39 is 0 Å². The minimum absolute atomic E-state index is 0.0598. The molecule has 0 radical (unpaired) electrons. The SMILES string of the molecule is CCN(Cc1ccccc1)C(=O)C1CCN(c2cnn(Cc3ccccc3)c(=O)c2)C1. The van der Waals surface area contributed by atoms with Crippen LogP contribution >= 0.6 is 0 Å². The first-order valence-corrected chi connectivity index (χ1v) is 10.8. The predicted molar refractivity (Wildman–Crippen MR) is 122 cm³/mol. The Morgan fingerprint density at radius 3 is 2.39 bits per heavy atom. The largest absolute Gasteiger partial charge is 0.369 e. The van der Waals surface area contributed by atoms with Gasteiger partial charge in [-0.05, 0) is 24.5 Å². The van der Waals surface area contributed by atoms with E-state index >= 15 is 0 Å². The second-order valence-corrected chi connectivity index (χ2v) is 7.96. The van der Waals surface area contributed by atoms with Crippen LogP contribution in [0.1, 0.15) is 24.5 Å². The molecule has 4 rings (SSSR count). The number of hydrogen-bond acceptors (Lipinski definition) is 4. The highest BCUT2D eigenvalue weighted by Gasteiger charge is 2.31. The number of benzene rings is 2. The van der Waals surface area contributed by atoms with E-state index in [0.717, 1.165) is 29.8 Å². The molecule has 31 heavy (non-hydrogen) atoms. The maximum Gasteiger partial charge on any atom is 0.269 e. The zero-order valence-corrected chi connectivity index (χ0v) is 17.9. The summed E-state index contributed by atoms with van der Waals surface area (Å²) in [6, 6.07) is 21.5. The summed E-state index contributed by atoms with van der Waals surface area (Å²) in [7, 11) is 0. The van der Waals surface area contributed by atoms with Gasteiger partial charge >= 0.3 is 0 Å². The number of nitrogens with zero attached hydrogens (tertiary/aromatic N) is 4. The fourth-order valence-corrected chi connectivity index (χ4v) is 4.08. The van der Waals surface area contributed by atoms with Crippen molar-refractivity contribution in [3.63, 3.8) is 0 Å². The predicted octanol–water partition coefficient (Wildman–Crippen LogP) is 3.17. The molecular formula is C25H28N4O2. The van der Waals surface area contributed by atoms with Gasteiger partial charge in [0.2, 0.25) is 5.91 Å². The first kappa shape index (κ1) is 20.8. The Hall–Kier alpha value is -3.41. The molecule has 3 aromatic rings. The van der Waals surface area contributed by atoms with Gasteiger partial charge in [-0.15, -0.1) is 0 Å². The van der Waals surface area contributed by atoms with E-state index in [1.807, 2.05) is 72.5 Å². The van der Waals surface area contributed by atoms with Gasteiger partial charge in [-0.1, -0.05) is 60.7 Å². The number of hydrogen-bond donors (Lipinski definition) is 0. The summed E-state index contributed by atoms with van der Waals surface area (Å²) >= 11 is 0. The van der Waals surface area contributed by atoms with Crippen molar-refractivity contribution in [2.24, 2.45) is 5.92 Å². The van der Waals surface area contributed by atoms with Gasteiger partial charge in [0.25, 0.3) is 5.56 Å². The maximum absolute atomic E-state index is 13.1. The Labute approximate surface area is 182 Å². The van der Waals surface area contributed by atoms with Gasteiger partial charge in [0.05, 0.1) is 24.3 Å². The van der Waals surface area contributed by atoms with Crippen LogP contribution in [0.5, 0.6) is 0 Å². The van der Waals surface area contributed by atoms with Gasteiger partial charge in [-0.3, -0.25) is 9.59 Å². The van der Waals surface area contributed by atoms with Crippen molar-refractivity contribution in [1.82, 2.24) is 14.7 Å². The quantitative estimate of drug-likeness (QED) is 0.594. The van der Waals surface area contributed by atoms with Crippen molar-refractivity contribution >= 4 is 11.6 Å². The molecule has 1 aromatic heterocycles. The lowest BCUT2D eigenvalue weighted by Gasteiger charge is -2.25. The van der Waals surface area contributed by atoms with Crippen LogP contribution in [-0.4, -0.2) is 40.2 Å². The second-order valence-electron chi connectivity index (χ2n) is 7.96. The highest BCUT2D eigenvalue weighted by molar-refractivity contribution is 5.80. The van der Waals surface area contributed by atoms with E-state index in [1.54, 1.807) is 12.3 Å². The third kappa shape index (κ3) is 5.02. The lowest BCUT2D eigenvalue weighted by atomic mass is 10.1. The summed E-state index contributed by atoms with van der Waals surface area (Å²) < 4.78 is 1.47. The van der Waals surface area contributed by atoms with E-state index in [-0.39, 0.29) is 17.4 Å². The van der Waals surface area contributed by atoms with Crippen molar-refractivity contribution in [2.45, 2.75) is 26.4 Å². The molecule has 0 aliphatic carbocycles. The summed E-state index contributed by atoms with van der Waals surface area (Å²) in [4.78, 5) is 29.7. The van der Waals surface area contributed by atoms with Gasteiger partial charge in [0.1, 0.15) is 0 Å². The molecule has 6 nitrogen and oxygen atoms in total. The van der Waals surface area contributed by atoms with Gasteiger partial charge < -0.3 is 9.80 Å². The second kappa shape index (κ2) is 9.60. The summed E-state index contributed by atoms with van der Waals surface area (Å²) in [5, 5.41) is 4.36. The van der Waals surface area contributed by atoms with Crippen molar-refractivity contribution in [3.8, 4) is 0 Å². The zero-order chi connectivity index (χ0) is 21.6. The Bertz CT molecular complexity index is 1070. The molecule has 1 atom stereocenters. The molecular weight excluding hydrogens is 388 g/mol. The smallest absolute Gasteiger partial charge is 0.269 e. The first-order valence-electron chi connectivity index (χ1n) is 10.8. The molecule has 0 spiro atoms. The van der Waals surface area contributed by atoms with Crippen LogP contribution in [-0.2, 0) is 17.9 Å². The van der Waals surface area contributed by atoms with Gasteiger partial charge in [-0.2, -0.15) is 5.10 Å². The van der Waals surface area contributed by atoms with Gasteiger partial charge in [0.15, 0.2) is 0 Å². The van der Waals surface area contributed by atoms with Crippen LogP contribution in [0.25, 0.3) is 0 Å². The van der Waals surface area contributed by atoms with Crippen LogP contribution in [0, 0.1) is 5.92 Å². The van der Waals surface area contributed by atoms with E-state index in [9.17, 15) is 9.59 Å². The molecule has 6 heteroatoms. The summed E-state index contributed by atoms with van der Waals surface area (Å²) in [5.74, 6) is 0.120. The van der Waals surface area contributed by atoms with Crippen molar-refractivity contribution in [3.05, 3.63) is 94.4 Å². The highest BCUT2D eigenvalue weighted by atomic mass is 16.2. The van der Waals surface area contributed by atoms with Crippen molar-refractivity contribution < 1.29 is 4.79 Å². The number of carbonyl (C=O) groups is 1. The number of rotatable bonds is 7. The standard InChI is InChI=1S/C25H28N4O2/c1-2-27(17-20-9-5-3-6-10-20)25(31)22-13-14-28(19-22)23-15-24(30)29(26-16-23)18-21-11-7-4-8-12-21/h3-12,15-16,22H,2,13-14,17-19H2,1H3. The van der Waals surface area contributed by atoms with E-state index in [1.165, 1.54) is 4.68 Å². The fourth-order valence-electron chi connectivity index (χ4n) is 4.08. The van der Waals surface area contributed by atoms with Crippen LogP contribution < -0.4 is 10.5 Å². The average molecular weight is 417 g/mol. The number of aromatic nitrogens is 2. The van der Waals surface area contributed by atoms with Gasteiger partial charge in [0, 0.05) is 32.2 Å². The molecule has 1 aliphatic rings. The zero-order valence-electron chi connectivity index (χ0n) is 17.9. The average Bonchev–Trinajstić information content (AvgIpc) is 3.30. The molecule has 1 amide bonds. The molecule has 2 aromatic carbocycles. The van der Waals surface area contributed by atoms with Crippen LogP contribution in [0.3, 0.4) is 0 Å². The van der Waals surface area contributed by atoms with E-state index in [4.69, 9.17) is 0 Å². The molecule has 160 valence electrons. The van der Waals surface area contributed by atoms with Crippen molar-refractivity contribution in [1.29, 1.82) is 0 Å². The number of amides is 1. The number of anilines is 1. The molecule has 1 unspecified atom stereocenters. The highest BCUT2D eigenvalue weighted by Crippen LogP contribution is 2.24. The van der Waals surface area contributed by atoms with Crippen LogP contribution in [0.2, 0.25) is 0 Å². The molecule has 2 heterocycles. The summed E-state index contributed by atoms with van der Waals surface area (Å²) in [6.45, 7) is 5.15. The Morgan fingerprint density at radius 2 is 1.74 bits per heavy atom. The molecule has 0 saturated carbocycles. The molecule has 1 saturated heterocycles. The fraction of sp³-hybridized carbons (Fsp3) is 0.320. The Kier molecular flexibility index (Phi) is 6.46. The molecule has 1 fully saturated rings. The summed E-state index contributed by atoms with van der Waals surface area (Å²) in [6.07, 6.45) is 2.52. The lowest BCUT2D eigenvalue weighted by molar-refractivity contribution is -0.135. The van der Waals surface area contributed by atoms with Crippen LogP contribution in [0.15, 0.2) is 77.7 Å². The minimum Gasteiger partial charge on any atom is -0.369 e. The molecule has 0 N–H and O–H groups in total. The topological polar surface area (TPSA) is 58.4 Å². The van der Waals surface area contributed by atoms with Crippen molar-refractivity contribution in [2.75, 3.05) is 24.5 Å². The first-order chi connectivity index (χ1) is 15.1. The van der Waals surface area contributed by atoms with Gasteiger partial charge in [-0.25, -0.2) is 4.68 Å². The maximum atomic E-state index is 13.1. The van der Waals surface area contributed by atoms with E-state index in [2.05, 4.69) is 10.00 Å². The summed E-state index contributed by atoms with van der Waals surface area (Å²) in [5.41, 5.74) is 2.83. The third-order valence-electron chi connectivity index (χ3n) is 5.84. The Morgan fingerprint density at radius 1 is 1.06 bits per heavy atom. The number of carbonyl (C=O) groups excluding carboxylic acids is 1. The normalized spacial score (nSPS) is 15.8. The van der Waals surface area contributed by atoms with Crippen LogP contribution in [0.4, 0.5) is 5.69 Å². The molecule has 1 aliphatic heterocycles. The Balaban J connectivity index is 1.40. The monoisotopic (exact) mass is 416 g/mol. The molecule has 0 bridgehead atoms.